The Hall–Kier alpha value is -3.12. The van der Waals surface area contributed by atoms with Gasteiger partial charge >= 0.3 is 0 Å². The summed E-state index contributed by atoms with van der Waals surface area (Å²) in [5.74, 6) is 0.00267. The quantitative estimate of drug-likeness (QED) is 0.304. The number of nitrogens with one attached hydrogen (secondary N) is 2. The Morgan fingerprint density at radius 3 is 2.81 bits per heavy atom. The lowest BCUT2D eigenvalue weighted by Crippen LogP contribution is -2.27. The van der Waals surface area contributed by atoms with E-state index in [-0.39, 0.29) is 36.2 Å². The highest BCUT2D eigenvalue weighted by Gasteiger charge is 2.16. The van der Waals surface area contributed by atoms with Crippen molar-refractivity contribution in [3.8, 4) is 17.1 Å². The SMILES string of the molecule is O=c1[nH]c(COc2ccc(F)c(Cl)c2)nc2c(-c3csc(NC(CO)CO)n3)nccc12. The number of anilines is 1. The van der Waals surface area contributed by atoms with Gasteiger partial charge in [-0.15, -0.1) is 11.3 Å². The Labute approximate surface area is 189 Å². The number of hydrogen-bond acceptors (Lipinski definition) is 9. The van der Waals surface area contributed by atoms with Gasteiger partial charge in [-0.3, -0.25) is 9.78 Å². The molecule has 32 heavy (non-hydrogen) atoms. The maximum Gasteiger partial charge on any atom is 0.258 e. The normalized spacial score (nSPS) is 11.3. The lowest BCUT2D eigenvalue weighted by atomic mass is 10.2. The molecule has 3 heterocycles. The van der Waals surface area contributed by atoms with Crippen molar-refractivity contribution < 1.29 is 19.3 Å². The van der Waals surface area contributed by atoms with Crippen LogP contribution >= 0.6 is 22.9 Å². The highest BCUT2D eigenvalue weighted by atomic mass is 35.5. The zero-order valence-corrected chi connectivity index (χ0v) is 18.0. The Kier molecular flexibility index (Phi) is 6.61. The summed E-state index contributed by atoms with van der Waals surface area (Å²) >= 11 is 7.03. The van der Waals surface area contributed by atoms with Crippen molar-refractivity contribution in [1.29, 1.82) is 0 Å². The van der Waals surface area contributed by atoms with Gasteiger partial charge < -0.3 is 25.3 Å². The number of aliphatic hydroxyl groups excluding tert-OH is 2. The van der Waals surface area contributed by atoms with Gasteiger partial charge in [-0.25, -0.2) is 14.4 Å². The van der Waals surface area contributed by atoms with E-state index >= 15 is 0 Å². The highest BCUT2D eigenvalue weighted by molar-refractivity contribution is 7.14. The topological polar surface area (TPSA) is 133 Å². The summed E-state index contributed by atoms with van der Waals surface area (Å²) in [7, 11) is 0. The first kappa shape index (κ1) is 22.1. The molecule has 3 aromatic heterocycles. The minimum absolute atomic E-state index is 0.0773. The molecule has 0 amide bonds. The number of hydrogen-bond donors (Lipinski definition) is 4. The highest BCUT2D eigenvalue weighted by Crippen LogP contribution is 2.28. The molecule has 166 valence electrons. The monoisotopic (exact) mass is 477 g/mol. The number of aliphatic hydroxyl groups is 2. The molecule has 0 unspecified atom stereocenters. The molecular weight excluding hydrogens is 461 g/mol. The Balaban J connectivity index is 1.64. The smallest absolute Gasteiger partial charge is 0.258 e. The lowest BCUT2D eigenvalue weighted by Gasteiger charge is -2.11. The number of halogens is 2. The fourth-order valence-electron chi connectivity index (χ4n) is 2.86. The zero-order valence-electron chi connectivity index (χ0n) is 16.4. The third kappa shape index (κ3) is 4.70. The van der Waals surface area contributed by atoms with Gasteiger partial charge in [0.15, 0.2) is 5.13 Å². The van der Waals surface area contributed by atoms with E-state index in [2.05, 4.69) is 25.3 Å². The average molecular weight is 478 g/mol. The Bertz CT molecular complexity index is 1310. The summed E-state index contributed by atoms with van der Waals surface area (Å²) in [6.45, 7) is -0.588. The number of aromatic amines is 1. The predicted molar refractivity (Wildman–Crippen MR) is 119 cm³/mol. The number of nitrogens with zero attached hydrogens (tertiary/aromatic N) is 3. The molecule has 4 rings (SSSR count). The molecular formula is C20H17ClFN5O4S. The first-order valence-corrected chi connectivity index (χ1v) is 10.6. The van der Waals surface area contributed by atoms with Crippen LogP contribution in [0.3, 0.4) is 0 Å². The van der Waals surface area contributed by atoms with Crippen LogP contribution in [0.5, 0.6) is 5.75 Å². The van der Waals surface area contributed by atoms with Gasteiger partial charge in [0.1, 0.15) is 40.9 Å². The molecule has 4 N–H and O–H groups in total. The van der Waals surface area contributed by atoms with Gasteiger partial charge in [0.05, 0.1) is 29.7 Å². The van der Waals surface area contributed by atoms with Gasteiger partial charge in [-0.2, -0.15) is 0 Å². The summed E-state index contributed by atoms with van der Waals surface area (Å²) in [6, 6.07) is 4.94. The molecule has 9 nitrogen and oxygen atoms in total. The van der Waals surface area contributed by atoms with E-state index < -0.39 is 11.9 Å². The zero-order chi connectivity index (χ0) is 22.7. The van der Waals surface area contributed by atoms with Crippen molar-refractivity contribution >= 4 is 39.0 Å². The van der Waals surface area contributed by atoms with Crippen molar-refractivity contribution in [3.05, 3.63) is 62.9 Å². The number of ether oxygens (including phenoxy) is 1. The van der Waals surface area contributed by atoms with E-state index in [0.717, 1.165) is 0 Å². The summed E-state index contributed by atoms with van der Waals surface area (Å²) in [5.41, 5.74) is 0.842. The molecule has 0 spiro atoms. The van der Waals surface area contributed by atoms with Gasteiger partial charge in [0, 0.05) is 17.6 Å². The molecule has 0 atom stereocenters. The van der Waals surface area contributed by atoms with Gasteiger partial charge in [-0.05, 0) is 18.2 Å². The standard InChI is InChI=1S/C20H17ClFN5O4S/c21-13-5-11(1-2-14(13)22)31-8-16-26-17-12(19(30)27-16)3-4-23-18(17)15-9-32-20(25-15)24-10(6-28)7-29/h1-5,9-10,28-29H,6-8H2,(H,24,25)(H,26,27,30). The Morgan fingerprint density at radius 2 is 2.06 bits per heavy atom. The van der Waals surface area contributed by atoms with Crippen molar-refractivity contribution in [1.82, 2.24) is 19.9 Å². The summed E-state index contributed by atoms with van der Waals surface area (Å²) in [4.78, 5) is 28.5. The van der Waals surface area contributed by atoms with Crippen molar-refractivity contribution in [2.45, 2.75) is 12.6 Å². The first-order valence-electron chi connectivity index (χ1n) is 9.38. The van der Waals surface area contributed by atoms with Crippen LogP contribution in [-0.2, 0) is 6.61 Å². The van der Waals surface area contributed by atoms with E-state index in [1.807, 2.05) is 0 Å². The maximum absolute atomic E-state index is 13.3. The summed E-state index contributed by atoms with van der Waals surface area (Å²) < 4.78 is 18.9. The van der Waals surface area contributed by atoms with Crippen molar-refractivity contribution in [2.75, 3.05) is 18.5 Å². The van der Waals surface area contributed by atoms with Crippen molar-refractivity contribution in [3.63, 3.8) is 0 Å². The molecule has 0 saturated carbocycles. The maximum atomic E-state index is 13.3. The predicted octanol–water partition coefficient (Wildman–Crippen LogP) is 2.58. The average Bonchev–Trinajstić information content (AvgIpc) is 3.26. The van der Waals surface area contributed by atoms with Crippen LogP contribution in [0.1, 0.15) is 5.82 Å². The molecule has 12 heteroatoms. The second kappa shape index (κ2) is 9.57. The molecule has 4 aromatic rings. The largest absolute Gasteiger partial charge is 0.486 e. The third-order valence-electron chi connectivity index (χ3n) is 4.46. The molecule has 0 aliphatic carbocycles. The number of H-pyrrole nitrogens is 1. The minimum atomic E-state index is -0.562. The van der Waals surface area contributed by atoms with E-state index in [1.165, 1.54) is 35.7 Å². The first-order chi connectivity index (χ1) is 15.5. The number of thiazole rings is 1. The Morgan fingerprint density at radius 1 is 1.25 bits per heavy atom. The molecule has 0 aliphatic heterocycles. The van der Waals surface area contributed by atoms with Crippen LogP contribution in [0.15, 0.2) is 40.6 Å². The van der Waals surface area contributed by atoms with E-state index in [0.29, 0.717) is 33.2 Å². The number of rotatable bonds is 8. The molecule has 0 aliphatic rings. The summed E-state index contributed by atoms with van der Waals surface area (Å²) in [6.07, 6.45) is 1.49. The fourth-order valence-corrected chi connectivity index (χ4v) is 3.80. The van der Waals surface area contributed by atoms with E-state index in [9.17, 15) is 19.4 Å². The number of benzene rings is 1. The van der Waals surface area contributed by atoms with Crippen LogP contribution in [0.25, 0.3) is 22.3 Å². The minimum Gasteiger partial charge on any atom is -0.486 e. The molecule has 1 aromatic carbocycles. The van der Waals surface area contributed by atoms with Crippen LogP contribution in [-0.4, -0.2) is 49.4 Å². The van der Waals surface area contributed by atoms with Gasteiger partial charge in [-0.1, -0.05) is 11.6 Å². The molecule has 0 saturated heterocycles. The molecule has 0 fully saturated rings. The second-order valence-corrected chi connectivity index (χ2v) is 7.94. The van der Waals surface area contributed by atoms with Crippen LogP contribution in [0.2, 0.25) is 5.02 Å². The molecule has 0 bridgehead atoms. The third-order valence-corrected chi connectivity index (χ3v) is 5.52. The van der Waals surface area contributed by atoms with Gasteiger partial charge in [0.2, 0.25) is 0 Å². The van der Waals surface area contributed by atoms with E-state index in [4.69, 9.17) is 16.3 Å². The molecule has 0 radical (unpaired) electrons. The number of fused-ring (bicyclic) bond motifs is 1. The fraction of sp³-hybridized carbons (Fsp3) is 0.200. The van der Waals surface area contributed by atoms with E-state index in [1.54, 1.807) is 11.4 Å². The summed E-state index contributed by atoms with van der Waals surface area (Å²) in [5, 5.41) is 23.8. The lowest BCUT2D eigenvalue weighted by molar-refractivity contribution is 0.204. The van der Waals surface area contributed by atoms with Crippen molar-refractivity contribution in [2.24, 2.45) is 0 Å². The number of pyridine rings is 1. The van der Waals surface area contributed by atoms with Crippen LogP contribution < -0.4 is 15.6 Å². The van der Waals surface area contributed by atoms with Crippen LogP contribution in [0.4, 0.5) is 9.52 Å². The van der Waals surface area contributed by atoms with Gasteiger partial charge in [0.25, 0.3) is 5.56 Å². The number of aromatic nitrogens is 4. The van der Waals surface area contributed by atoms with Crippen LogP contribution in [0, 0.1) is 5.82 Å². The second-order valence-electron chi connectivity index (χ2n) is 6.68.